The van der Waals surface area contributed by atoms with E-state index in [1.54, 1.807) is 0 Å². The fourth-order valence-electron chi connectivity index (χ4n) is 13.8. The summed E-state index contributed by atoms with van der Waals surface area (Å²) >= 11 is 0. The zero-order chi connectivity index (χ0) is 71.3. The molecule has 7 fully saturated rings. The Hall–Kier alpha value is -4.26. The van der Waals surface area contributed by atoms with Crippen molar-refractivity contribution in [2.75, 3.05) is 44.5 Å². The van der Waals surface area contributed by atoms with Gasteiger partial charge in [-0.15, -0.1) is 0 Å². The van der Waals surface area contributed by atoms with Gasteiger partial charge in [0.15, 0.2) is 63.7 Å². The largest absolute Gasteiger partial charge is 0.394 e. The van der Waals surface area contributed by atoms with E-state index in [-0.39, 0.29) is 32.7 Å². The van der Waals surface area contributed by atoms with Crippen molar-refractivity contribution in [3.63, 3.8) is 0 Å². The van der Waals surface area contributed by atoms with Gasteiger partial charge in [0.2, 0.25) is 0 Å². The van der Waals surface area contributed by atoms with Crippen LogP contribution in [0.2, 0.25) is 0 Å². The number of sulfone groups is 2. The fourth-order valence-corrected chi connectivity index (χ4v) is 16.8. The molecular weight excluding hydrogens is 1380 g/mol. The summed E-state index contributed by atoms with van der Waals surface area (Å²) in [4.78, 5) is -1.32. The maximum atomic E-state index is 15.0. The molecule has 0 amide bonds. The molecule has 23 heterocycles. The molecule has 23 aliphatic rings. The molecule has 0 saturated carbocycles. The van der Waals surface area contributed by atoms with Crippen LogP contribution in [-0.2, 0) is 86.0 Å². The Bertz CT molecular complexity index is 3690. The lowest BCUT2D eigenvalue weighted by Gasteiger charge is -2.50. The number of hydrogen-bond donors (Lipinski definition) is 19. The van der Waals surface area contributed by atoms with Crippen LogP contribution in [0.4, 0.5) is 0 Å². The van der Waals surface area contributed by atoms with E-state index in [0.29, 0.717) is 0 Å². The van der Waals surface area contributed by atoms with Crippen molar-refractivity contribution in [1.29, 1.82) is 10.5 Å². The highest BCUT2D eigenvalue weighted by atomic mass is 32.2. The number of nitriles is 2. The quantitative estimate of drug-likeness (QED) is 0.105. The monoisotopic (exact) mass is 1450 g/mol. The molecule has 0 spiro atoms. The maximum Gasteiger partial charge on any atom is 0.187 e. The third-order valence-corrected chi connectivity index (χ3v) is 22.7. The van der Waals surface area contributed by atoms with Crippen LogP contribution in [-0.4, -0.2) is 373 Å². The molecule has 0 radical (unpaired) electrons. The summed E-state index contributed by atoms with van der Waals surface area (Å²) in [5.41, 5.74) is -0.702. The number of hydrogen-bond acceptors (Lipinski definition) is 39. The minimum atomic E-state index is -5.02. The van der Waals surface area contributed by atoms with E-state index in [2.05, 4.69) is 0 Å². The Morgan fingerprint density at radius 2 is 0.515 bits per heavy atom. The van der Waals surface area contributed by atoms with Crippen LogP contribution in [0.1, 0.15) is 11.1 Å². The topological polar surface area (TPSA) is 629 Å². The zero-order valence-electron chi connectivity index (χ0n) is 51.2. The van der Waals surface area contributed by atoms with Crippen molar-refractivity contribution >= 4 is 41.2 Å². The van der Waals surface area contributed by atoms with Crippen LogP contribution in [0.5, 0.6) is 0 Å². The Balaban J connectivity index is 1.02. The molecule has 550 valence electrons. The summed E-state index contributed by atoms with van der Waals surface area (Å²) in [6.45, 7) is -5.88. The second-order valence-electron chi connectivity index (χ2n) is 25.2. The highest BCUT2D eigenvalue weighted by Crippen LogP contribution is 2.42. The molecule has 35 atom stereocenters. The van der Waals surface area contributed by atoms with Crippen molar-refractivity contribution in [1.82, 2.24) is 0 Å². The summed E-state index contributed by atoms with van der Waals surface area (Å²) in [7, 11) is -10.0. The summed E-state index contributed by atoms with van der Waals surface area (Å²) in [6, 6.07) is 9.88. The van der Waals surface area contributed by atoms with Gasteiger partial charge in [-0.25, -0.2) is 16.8 Å². The van der Waals surface area contributed by atoms with Crippen molar-refractivity contribution in [3.05, 3.63) is 47.5 Å². The number of nitrogens with zero attached hydrogens (tertiary/aromatic N) is 2. The van der Waals surface area contributed by atoms with Gasteiger partial charge in [0.25, 0.3) is 0 Å². The van der Waals surface area contributed by atoms with Crippen molar-refractivity contribution in [3.8, 4) is 12.1 Å². The van der Waals surface area contributed by atoms with Crippen molar-refractivity contribution in [2.24, 2.45) is 0 Å². The van der Waals surface area contributed by atoms with Crippen LogP contribution in [0.15, 0.2) is 46.2 Å². The highest BCUT2D eigenvalue weighted by molar-refractivity contribution is 7.91. The molecule has 3 aromatic rings. The van der Waals surface area contributed by atoms with Crippen LogP contribution in [0.25, 0.3) is 21.5 Å². The summed E-state index contributed by atoms with van der Waals surface area (Å²) < 4.78 is 142. The molecule has 39 nitrogen and oxygen atoms in total. The van der Waals surface area contributed by atoms with Gasteiger partial charge in [-0.3, -0.25) is 0 Å². The Morgan fingerprint density at radius 1 is 0.303 bits per heavy atom. The van der Waals surface area contributed by atoms with Gasteiger partial charge < -0.3 is 163 Å². The molecule has 0 aromatic heterocycles. The summed E-state index contributed by atoms with van der Waals surface area (Å²) in [5, 5.41) is 239. The molecule has 41 heteroatoms. The van der Waals surface area contributed by atoms with Gasteiger partial charge in [-0.05, 0) is 24.3 Å². The van der Waals surface area contributed by atoms with Gasteiger partial charge in [-0.2, -0.15) is 10.5 Å². The Kier molecular flexibility index (Phi) is 22.1. The predicted octanol–water partition coefficient (Wildman–Crippen LogP) is -11.9. The molecule has 0 unspecified atom stereocenters. The molecule has 99 heavy (non-hydrogen) atoms. The minimum Gasteiger partial charge on any atom is -0.394 e. The second kappa shape index (κ2) is 29.3. The molecule has 26 rings (SSSR count). The number of ether oxygens (including phenoxy) is 14. The smallest absolute Gasteiger partial charge is 0.187 e. The summed E-state index contributed by atoms with van der Waals surface area (Å²) in [6.07, 6.45) is -78.3. The third kappa shape index (κ3) is 13.5. The molecule has 20 bridgehead atoms. The van der Waals surface area contributed by atoms with E-state index in [9.17, 15) is 108 Å². The lowest BCUT2D eigenvalue weighted by Crippen LogP contribution is -2.68. The lowest BCUT2D eigenvalue weighted by atomic mass is 9.93. The lowest BCUT2D eigenvalue weighted by molar-refractivity contribution is -0.395. The fraction of sp³-hybridized carbons (Fsp3) is 0.724. The van der Waals surface area contributed by atoms with E-state index in [4.69, 9.17) is 66.3 Å². The second-order valence-corrected chi connectivity index (χ2v) is 29.3. The predicted molar refractivity (Wildman–Crippen MR) is 309 cm³/mol. The average Bonchev–Trinajstić information content (AvgIpc) is 0.742. The molecule has 7 saturated heterocycles. The number of benzene rings is 3. The maximum absolute atomic E-state index is 15.0. The van der Waals surface area contributed by atoms with E-state index in [0.717, 1.165) is 36.4 Å². The first-order valence-corrected chi connectivity index (χ1v) is 34.4. The van der Waals surface area contributed by atoms with Crippen LogP contribution in [0, 0.1) is 22.7 Å². The molecule has 19 N–H and O–H groups in total. The van der Waals surface area contributed by atoms with Gasteiger partial charge in [0.1, 0.15) is 183 Å². The van der Waals surface area contributed by atoms with Crippen LogP contribution in [0.3, 0.4) is 0 Å². The van der Waals surface area contributed by atoms with Gasteiger partial charge in [-0.1, -0.05) is 12.1 Å². The summed E-state index contributed by atoms with van der Waals surface area (Å²) in [5.74, 6) is -2.76. The number of rotatable bonds is 5. The molecule has 0 aliphatic carbocycles. The van der Waals surface area contributed by atoms with Crippen LogP contribution >= 0.6 is 0 Å². The van der Waals surface area contributed by atoms with E-state index < -0.39 is 289 Å². The standard InChI is InChI=1S/C58H74N2O37S2/c59-7-22-19-4-2-17-6-21(19)23(8-60)18-3-1-16(5-20(18)22)98(80,81)14-29-50-37(72)44(79)58(90-29)95-49-28(13-65)86-54(40(75)33(49)68)93-47-26(11-63)88-56(42(77)35(47)70)97-51-30(15-99(17,82)83)89-57(43(78)36(51)71)94-48-27(12-64)85-53(39(74)32(48)67)91-45-24(9-61)84-52(38(73)31(45)66)92-46-25(10-62)87-55(96-50)41(76)34(46)69/h1-6,24-58,61-79H,9-15H2/t24-,25-,26-,27-,28-,29-,30-,31-,32-,33-,34-,35-,36-,37-,38-,39-,40-,41-,42-,43-,44-,45-,46-,47-,48-,49-,50-,51-,52-,53-,54-,55-,56-,57-,58-/m1/s1. The van der Waals surface area contributed by atoms with Gasteiger partial charge >= 0.3 is 0 Å². The minimum absolute atomic E-state index is 0.147. The van der Waals surface area contributed by atoms with Gasteiger partial charge in [0, 0.05) is 21.5 Å². The first-order valence-electron chi connectivity index (χ1n) is 31.1. The van der Waals surface area contributed by atoms with E-state index in [1.807, 2.05) is 12.1 Å². The van der Waals surface area contributed by atoms with Crippen molar-refractivity contribution < 1.29 is 180 Å². The normalized spacial score (nSPS) is 47.3. The first kappa shape index (κ1) is 74.5. The van der Waals surface area contributed by atoms with E-state index in [1.165, 1.54) is 0 Å². The van der Waals surface area contributed by atoms with E-state index >= 15 is 16.8 Å². The first-order chi connectivity index (χ1) is 47.0. The number of aliphatic hydroxyl groups excluding tert-OH is 19. The SMILES string of the molecule is N#Cc1c2ccc3cc2c(C#N)c2ccc(cc12)S(=O)(=O)C[C@H]1O[C@@H]2O[C@H]4[C@H](O)[C@@H](O)[C@@H](O[C@H]5[C@H](O)[C@@H](O)[C@@H](O[C@H]6[C@H](O)[C@@H](O)[C@@H](O[C@H]7[C@H](O)[C@@H](O)[C@@H](O[C@H]8[C@H](O)[C@@H](O)[C@@H](O[C@H]9[C@H](O)[C@@H](O)[C@@H](O[C@H]1[C@H](O)[C@H]2O)O[C@@H]9CO)O[C@@H]8CO)O[C@@H]7CO)O[C@@H]6CS3(=O)=O)O[C@@H]5CO)O[C@@H]4CO. The van der Waals surface area contributed by atoms with Crippen LogP contribution < -0.4 is 0 Å². The average molecular weight is 1460 g/mol. The molecular formula is C58H74N2O37S2. The van der Waals surface area contributed by atoms with Gasteiger partial charge in [0.05, 0.1) is 65.5 Å². The highest BCUT2D eigenvalue weighted by Gasteiger charge is 2.60. The number of aliphatic hydroxyl groups is 19. The van der Waals surface area contributed by atoms with Crippen molar-refractivity contribution in [2.45, 2.75) is 225 Å². The molecule has 3 aromatic carbocycles. The Morgan fingerprint density at radius 3 is 0.737 bits per heavy atom. The third-order valence-electron chi connectivity index (χ3n) is 19.2. The molecule has 23 aliphatic heterocycles. The Labute approximate surface area is 559 Å². The zero-order valence-corrected chi connectivity index (χ0v) is 52.8.